The topological polar surface area (TPSA) is 82.2 Å². The Bertz CT molecular complexity index is 361. The molecule has 82 valence electrons. The largest absolute Gasteiger partial charge is 0.448 e. The normalized spacial score (nSPS) is 14.7. The minimum atomic E-state index is -0.731. The van der Waals surface area contributed by atoms with E-state index in [4.69, 9.17) is 5.73 Å². The van der Waals surface area contributed by atoms with Gasteiger partial charge in [0.25, 0.3) is 0 Å². The molecule has 0 saturated carbocycles. The van der Waals surface area contributed by atoms with Crippen LogP contribution < -0.4 is 11.1 Å². The number of imidazole rings is 1. The van der Waals surface area contributed by atoms with Gasteiger partial charge in [-0.2, -0.15) is 0 Å². The van der Waals surface area contributed by atoms with Gasteiger partial charge in [0, 0.05) is 25.2 Å². The van der Waals surface area contributed by atoms with Crippen LogP contribution in [-0.2, 0) is 24.2 Å². The van der Waals surface area contributed by atoms with E-state index in [1.165, 1.54) is 5.69 Å². The molecular weight excluding hydrogens is 196 g/mol. The van der Waals surface area contributed by atoms with Gasteiger partial charge in [-0.1, -0.05) is 0 Å². The lowest BCUT2D eigenvalue weighted by atomic mass is 10.2. The molecule has 0 aromatic carbocycles. The number of ether oxygens (including phenoxy) is 1. The highest BCUT2D eigenvalue weighted by Gasteiger charge is 2.14. The zero-order valence-corrected chi connectivity index (χ0v) is 8.40. The van der Waals surface area contributed by atoms with Crippen LogP contribution in [0.2, 0.25) is 0 Å². The summed E-state index contributed by atoms with van der Waals surface area (Å²) in [6.07, 6.45) is 2.01. The zero-order chi connectivity index (χ0) is 10.7. The van der Waals surface area contributed by atoms with E-state index in [1.54, 1.807) is 6.33 Å². The molecule has 0 fully saturated rings. The Morgan fingerprint density at radius 1 is 1.73 bits per heavy atom. The van der Waals surface area contributed by atoms with Gasteiger partial charge in [0.05, 0.1) is 18.6 Å². The third-order valence-corrected chi connectivity index (χ3v) is 2.44. The highest BCUT2D eigenvalue weighted by atomic mass is 16.5. The van der Waals surface area contributed by atoms with Crippen molar-refractivity contribution in [2.24, 2.45) is 5.73 Å². The molecule has 1 aliphatic rings. The molecule has 0 unspecified atom stereocenters. The van der Waals surface area contributed by atoms with Crippen LogP contribution in [0.1, 0.15) is 11.4 Å². The van der Waals surface area contributed by atoms with Gasteiger partial charge in [0.2, 0.25) is 0 Å². The van der Waals surface area contributed by atoms with Crippen LogP contribution in [0.4, 0.5) is 4.79 Å². The Balaban J connectivity index is 1.96. The standard InChI is InChI=1S/C9H14N4O2/c10-9(14)15-4-3-13-6-12-7-5-11-2-1-8(7)13/h6,11H,1-5H2,(H2,10,14). The van der Waals surface area contributed by atoms with Crippen molar-refractivity contribution in [3.05, 3.63) is 17.7 Å². The van der Waals surface area contributed by atoms with Crippen LogP contribution in [0, 0.1) is 0 Å². The number of hydrogen-bond acceptors (Lipinski definition) is 4. The first kappa shape index (κ1) is 9.97. The molecule has 2 heterocycles. The third kappa shape index (κ3) is 2.27. The van der Waals surface area contributed by atoms with E-state index in [0.717, 1.165) is 25.2 Å². The Kier molecular flexibility index (Phi) is 2.86. The summed E-state index contributed by atoms with van der Waals surface area (Å²) in [5.41, 5.74) is 7.18. The summed E-state index contributed by atoms with van der Waals surface area (Å²) in [6, 6.07) is 0. The van der Waals surface area contributed by atoms with Gasteiger partial charge in [0.1, 0.15) is 6.61 Å². The van der Waals surface area contributed by atoms with E-state index in [9.17, 15) is 4.79 Å². The molecular formula is C9H14N4O2. The summed E-state index contributed by atoms with van der Waals surface area (Å²) in [7, 11) is 0. The van der Waals surface area contributed by atoms with E-state index in [0.29, 0.717) is 13.2 Å². The fourth-order valence-electron chi connectivity index (χ4n) is 1.74. The van der Waals surface area contributed by atoms with Crippen molar-refractivity contribution in [3.63, 3.8) is 0 Å². The van der Waals surface area contributed by atoms with Gasteiger partial charge in [-0.25, -0.2) is 9.78 Å². The maximum Gasteiger partial charge on any atom is 0.404 e. The summed E-state index contributed by atoms with van der Waals surface area (Å²) in [4.78, 5) is 14.7. The number of rotatable bonds is 3. The van der Waals surface area contributed by atoms with Crippen LogP contribution in [-0.4, -0.2) is 28.8 Å². The van der Waals surface area contributed by atoms with E-state index >= 15 is 0 Å². The Labute approximate surface area is 87.4 Å². The molecule has 0 atom stereocenters. The van der Waals surface area contributed by atoms with Crippen LogP contribution in [0.3, 0.4) is 0 Å². The second-order valence-corrected chi connectivity index (χ2v) is 3.43. The zero-order valence-electron chi connectivity index (χ0n) is 8.40. The second-order valence-electron chi connectivity index (χ2n) is 3.43. The summed E-state index contributed by atoms with van der Waals surface area (Å²) >= 11 is 0. The van der Waals surface area contributed by atoms with E-state index in [-0.39, 0.29) is 0 Å². The fourth-order valence-corrected chi connectivity index (χ4v) is 1.74. The number of nitrogens with zero attached hydrogens (tertiary/aromatic N) is 2. The van der Waals surface area contributed by atoms with Crippen LogP contribution in [0.5, 0.6) is 0 Å². The molecule has 1 aliphatic heterocycles. The molecule has 6 nitrogen and oxygen atoms in total. The molecule has 1 aromatic rings. The predicted octanol–water partition coefficient (Wildman–Crippen LogP) is -0.376. The van der Waals surface area contributed by atoms with Crippen molar-refractivity contribution >= 4 is 6.09 Å². The molecule has 3 N–H and O–H groups in total. The average molecular weight is 210 g/mol. The maximum atomic E-state index is 10.4. The first-order valence-electron chi connectivity index (χ1n) is 4.93. The van der Waals surface area contributed by atoms with Crippen LogP contribution >= 0.6 is 0 Å². The van der Waals surface area contributed by atoms with Crippen molar-refractivity contribution in [2.75, 3.05) is 13.2 Å². The summed E-state index contributed by atoms with van der Waals surface area (Å²) in [6.45, 7) is 2.70. The van der Waals surface area contributed by atoms with Crippen molar-refractivity contribution in [2.45, 2.75) is 19.5 Å². The Hall–Kier alpha value is -1.56. The highest BCUT2D eigenvalue weighted by Crippen LogP contribution is 2.11. The van der Waals surface area contributed by atoms with Gasteiger partial charge in [-0.15, -0.1) is 0 Å². The Morgan fingerprint density at radius 3 is 3.40 bits per heavy atom. The number of fused-ring (bicyclic) bond motifs is 1. The molecule has 0 bridgehead atoms. The SMILES string of the molecule is NC(=O)OCCn1cnc2c1CCNC2. The number of aromatic nitrogens is 2. The first-order chi connectivity index (χ1) is 7.27. The van der Waals surface area contributed by atoms with Gasteiger partial charge in [-0.3, -0.25) is 0 Å². The van der Waals surface area contributed by atoms with Crippen molar-refractivity contribution in [1.29, 1.82) is 0 Å². The van der Waals surface area contributed by atoms with Crippen molar-refractivity contribution in [1.82, 2.24) is 14.9 Å². The smallest absolute Gasteiger partial charge is 0.404 e. The molecule has 15 heavy (non-hydrogen) atoms. The van der Waals surface area contributed by atoms with Gasteiger partial charge >= 0.3 is 6.09 Å². The molecule has 1 aromatic heterocycles. The minimum Gasteiger partial charge on any atom is -0.448 e. The minimum absolute atomic E-state index is 0.297. The first-order valence-corrected chi connectivity index (χ1v) is 4.93. The molecule has 0 saturated heterocycles. The van der Waals surface area contributed by atoms with E-state index in [2.05, 4.69) is 15.0 Å². The number of carbonyl (C=O) groups is 1. The number of nitrogens with two attached hydrogens (primary N) is 1. The van der Waals surface area contributed by atoms with E-state index < -0.39 is 6.09 Å². The maximum absolute atomic E-state index is 10.4. The number of carbonyl (C=O) groups excluding carboxylic acids is 1. The van der Waals surface area contributed by atoms with Crippen LogP contribution in [0.25, 0.3) is 0 Å². The molecule has 0 aliphatic carbocycles. The summed E-state index contributed by atoms with van der Waals surface area (Å²) < 4.78 is 6.69. The average Bonchev–Trinajstić information content (AvgIpc) is 2.62. The molecule has 6 heteroatoms. The molecule has 2 rings (SSSR count). The number of amides is 1. The van der Waals surface area contributed by atoms with Crippen molar-refractivity contribution in [3.8, 4) is 0 Å². The number of nitrogens with one attached hydrogen (secondary N) is 1. The number of hydrogen-bond donors (Lipinski definition) is 2. The Morgan fingerprint density at radius 2 is 2.60 bits per heavy atom. The fraction of sp³-hybridized carbons (Fsp3) is 0.556. The lowest BCUT2D eigenvalue weighted by Crippen LogP contribution is -2.25. The van der Waals surface area contributed by atoms with Gasteiger partial charge < -0.3 is 20.4 Å². The predicted molar refractivity (Wildman–Crippen MR) is 53.2 cm³/mol. The second kappa shape index (κ2) is 4.31. The lowest BCUT2D eigenvalue weighted by Gasteiger charge is -2.14. The molecule has 0 radical (unpaired) electrons. The summed E-state index contributed by atoms with van der Waals surface area (Å²) in [5, 5.41) is 3.25. The van der Waals surface area contributed by atoms with Gasteiger partial charge in [0.15, 0.2) is 0 Å². The molecule has 1 amide bonds. The number of primary amides is 1. The monoisotopic (exact) mass is 210 g/mol. The van der Waals surface area contributed by atoms with Crippen LogP contribution in [0.15, 0.2) is 6.33 Å². The lowest BCUT2D eigenvalue weighted by molar-refractivity contribution is 0.152. The quantitative estimate of drug-likeness (QED) is 0.712. The van der Waals surface area contributed by atoms with Crippen molar-refractivity contribution < 1.29 is 9.53 Å². The van der Waals surface area contributed by atoms with Gasteiger partial charge in [-0.05, 0) is 0 Å². The van der Waals surface area contributed by atoms with E-state index in [1.807, 2.05) is 4.57 Å². The summed E-state index contributed by atoms with van der Waals surface area (Å²) in [5.74, 6) is 0. The molecule has 0 spiro atoms. The highest BCUT2D eigenvalue weighted by molar-refractivity contribution is 5.64. The third-order valence-electron chi connectivity index (χ3n) is 2.44.